The van der Waals surface area contributed by atoms with Gasteiger partial charge >= 0.3 is 11.9 Å². The molecule has 6 nitrogen and oxygen atoms in total. The molecule has 34 heavy (non-hydrogen) atoms. The molecule has 0 amide bonds. The Morgan fingerprint density at radius 3 is 2.59 bits per heavy atom. The molecule has 3 aromatic rings. The summed E-state index contributed by atoms with van der Waals surface area (Å²) in [6.45, 7) is 1.48. The molecule has 0 bridgehead atoms. The average Bonchev–Trinajstić information content (AvgIpc) is 3.51. The average molecular weight is 498 g/mol. The third-order valence-corrected chi connectivity index (χ3v) is 8.13. The molecule has 3 N–H and O–H groups in total. The van der Waals surface area contributed by atoms with E-state index in [1.165, 1.54) is 29.9 Å². The number of H-pyrrole nitrogens is 1. The fourth-order valence-electron chi connectivity index (χ4n) is 4.98. The largest absolute Gasteiger partial charge is 0.494 e. The van der Waals surface area contributed by atoms with Crippen molar-refractivity contribution in [2.24, 2.45) is 11.7 Å². The van der Waals surface area contributed by atoms with Crippen molar-refractivity contribution in [2.45, 2.75) is 57.3 Å². The summed E-state index contributed by atoms with van der Waals surface area (Å²) < 4.78 is 62.3. The Morgan fingerprint density at radius 1 is 1.26 bits per heavy atom. The highest BCUT2D eigenvalue weighted by Crippen LogP contribution is 2.47. The minimum atomic E-state index is -4.48. The van der Waals surface area contributed by atoms with E-state index >= 15 is 4.39 Å². The number of aromatic amines is 1. The van der Waals surface area contributed by atoms with Gasteiger partial charge in [0.05, 0.1) is 18.1 Å². The maximum Gasteiger partial charge on any atom is 0.403 e. The number of benzene rings is 1. The molecular weight excluding hydrogens is 474 g/mol. The van der Waals surface area contributed by atoms with Crippen LogP contribution in [0.1, 0.15) is 41.3 Å². The van der Waals surface area contributed by atoms with Crippen molar-refractivity contribution in [3.63, 3.8) is 0 Å². The highest BCUT2D eigenvalue weighted by atomic mass is 32.1. The van der Waals surface area contributed by atoms with Gasteiger partial charge in [0.2, 0.25) is 0 Å². The summed E-state index contributed by atoms with van der Waals surface area (Å²) in [5.41, 5.74) is 5.36. The molecule has 2 aromatic heterocycles. The first-order valence-electron chi connectivity index (χ1n) is 11.0. The van der Waals surface area contributed by atoms with Gasteiger partial charge in [0.25, 0.3) is 5.56 Å². The molecule has 11 heteroatoms. The number of methoxy groups -OCH3 is 1. The van der Waals surface area contributed by atoms with Gasteiger partial charge in [-0.15, -0.1) is 11.3 Å². The maximum atomic E-state index is 15.7. The van der Waals surface area contributed by atoms with E-state index in [9.17, 15) is 22.8 Å². The summed E-state index contributed by atoms with van der Waals surface area (Å²) in [7, 11) is 1.35. The molecule has 1 saturated carbocycles. The number of aryl methyl sites for hydroxylation is 2. The van der Waals surface area contributed by atoms with Crippen LogP contribution in [0.15, 0.2) is 15.7 Å². The molecule has 0 radical (unpaired) electrons. The fraction of sp³-hybridized carbons (Fsp3) is 0.478. The Labute approximate surface area is 195 Å². The van der Waals surface area contributed by atoms with Crippen LogP contribution in [-0.2, 0) is 12.8 Å². The monoisotopic (exact) mass is 497 g/mol. The number of aromatic nitrogens is 2. The Kier molecular flexibility index (Phi) is 5.40. The van der Waals surface area contributed by atoms with Crippen molar-refractivity contribution < 1.29 is 22.3 Å². The van der Waals surface area contributed by atoms with Gasteiger partial charge < -0.3 is 10.5 Å². The van der Waals surface area contributed by atoms with Crippen LogP contribution in [0, 0.1) is 18.7 Å². The molecule has 0 saturated heterocycles. The van der Waals surface area contributed by atoms with Crippen molar-refractivity contribution in [2.75, 3.05) is 7.11 Å². The second-order valence-corrected chi connectivity index (χ2v) is 10.2. The normalized spacial score (nSPS) is 19.3. The number of thiophene rings is 1. The van der Waals surface area contributed by atoms with Gasteiger partial charge in [0.1, 0.15) is 17.4 Å². The lowest BCUT2D eigenvalue weighted by Crippen LogP contribution is -2.45. The highest BCUT2D eigenvalue weighted by Gasteiger charge is 2.43. The van der Waals surface area contributed by atoms with E-state index < -0.39 is 35.2 Å². The van der Waals surface area contributed by atoms with Gasteiger partial charge in [-0.2, -0.15) is 13.2 Å². The van der Waals surface area contributed by atoms with Crippen molar-refractivity contribution in [3.8, 4) is 16.2 Å². The van der Waals surface area contributed by atoms with Gasteiger partial charge in [-0.1, -0.05) is 0 Å². The van der Waals surface area contributed by atoms with Crippen LogP contribution >= 0.6 is 11.3 Å². The number of nitrogens with zero attached hydrogens (tertiary/aromatic N) is 1. The number of hydrogen-bond donors (Lipinski definition) is 2. The minimum absolute atomic E-state index is 0.0575. The van der Waals surface area contributed by atoms with Crippen molar-refractivity contribution in [3.05, 3.63) is 48.7 Å². The second-order valence-electron chi connectivity index (χ2n) is 9.06. The summed E-state index contributed by atoms with van der Waals surface area (Å²) in [6.07, 6.45) is -2.12. The molecule has 2 aliphatic carbocycles. The zero-order valence-electron chi connectivity index (χ0n) is 18.5. The van der Waals surface area contributed by atoms with Crippen molar-refractivity contribution in [1.29, 1.82) is 0 Å². The van der Waals surface area contributed by atoms with Gasteiger partial charge in [0.15, 0.2) is 5.75 Å². The Balaban J connectivity index is 1.70. The number of nitrogens with two attached hydrogens (primary N) is 1. The van der Waals surface area contributed by atoms with Crippen LogP contribution in [0.25, 0.3) is 21.3 Å². The Morgan fingerprint density at radius 2 is 1.97 bits per heavy atom. The molecule has 2 aliphatic rings. The summed E-state index contributed by atoms with van der Waals surface area (Å²) in [5, 5.41) is 0.0575. The Bertz CT molecular complexity index is 1420. The maximum absolute atomic E-state index is 15.7. The molecule has 182 valence electrons. The lowest BCUT2D eigenvalue weighted by Gasteiger charge is -2.28. The first-order valence-corrected chi connectivity index (χ1v) is 11.8. The molecule has 0 aliphatic heterocycles. The van der Waals surface area contributed by atoms with E-state index in [0.717, 1.165) is 17.7 Å². The van der Waals surface area contributed by atoms with Crippen LogP contribution < -0.4 is 21.7 Å². The lowest BCUT2D eigenvalue weighted by molar-refractivity contribution is -0.159. The number of fused-ring (bicyclic) bond motifs is 2. The zero-order chi connectivity index (χ0) is 24.5. The van der Waals surface area contributed by atoms with Crippen LogP contribution in [0.4, 0.5) is 17.6 Å². The first-order chi connectivity index (χ1) is 16.0. The highest BCUT2D eigenvalue weighted by molar-refractivity contribution is 7.15. The van der Waals surface area contributed by atoms with E-state index in [1.54, 1.807) is 6.07 Å². The lowest BCUT2D eigenvalue weighted by atomic mass is 9.83. The van der Waals surface area contributed by atoms with Crippen molar-refractivity contribution >= 4 is 22.2 Å². The second kappa shape index (κ2) is 7.94. The summed E-state index contributed by atoms with van der Waals surface area (Å²) in [6, 6.07) is -0.341. The molecule has 0 spiro atoms. The quantitative estimate of drug-likeness (QED) is 0.529. The third kappa shape index (κ3) is 3.56. The summed E-state index contributed by atoms with van der Waals surface area (Å²) >= 11 is 1.29. The SMILES string of the molecule is COc1c(-c2cc3c(s2)CCC(C(N)C(F)(F)F)C3)c(F)c(C)c2c(=O)[nH]c(=O)n(C3CC3)c12. The van der Waals surface area contributed by atoms with Crippen molar-refractivity contribution in [1.82, 2.24) is 9.55 Å². The van der Waals surface area contributed by atoms with Crippen LogP contribution in [0.3, 0.4) is 0 Å². The predicted molar refractivity (Wildman–Crippen MR) is 121 cm³/mol. The molecule has 1 fully saturated rings. The minimum Gasteiger partial charge on any atom is -0.494 e. The molecule has 5 rings (SSSR count). The van der Waals surface area contributed by atoms with Gasteiger partial charge in [-0.05, 0) is 56.6 Å². The van der Waals surface area contributed by atoms with E-state index in [0.29, 0.717) is 23.3 Å². The van der Waals surface area contributed by atoms with Crippen LogP contribution in [0.5, 0.6) is 5.75 Å². The number of ether oxygens (including phenoxy) is 1. The molecule has 2 heterocycles. The number of halogens is 4. The number of nitrogens with one attached hydrogen (secondary N) is 1. The predicted octanol–water partition coefficient (Wildman–Crippen LogP) is 4.20. The standard InChI is InChI=1S/C23H23F4N3O3S/c1-9-15-18(30(12-4-5-12)22(32)29-21(15)31)19(33-2)16(17(9)24)14-8-11-7-10(3-6-13(11)34-14)20(28)23(25,26)27/h8,10,12,20H,3-7,28H2,1-2H3,(H,29,31,32). The van der Waals surface area contributed by atoms with E-state index in [2.05, 4.69) is 4.98 Å². The summed E-state index contributed by atoms with van der Waals surface area (Å²) in [5.74, 6) is -1.33. The summed E-state index contributed by atoms with van der Waals surface area (Å²) in [4.78, 5) is 28.9. The number of alkyl halides is 3. The van der Waals surface area contributed by atoms with Crippen LogP contribution in [-0.4, -0.2) is 28.9 Å². The number of rotatable bonds is 4. The third-order valence-electron chi connectivity index (χ3n) is 6.88. The fourth-order valence-corrected chi connectivity index (χ4v) is 6.23. The van der Waals surface area contributed by atoms with Gasteiger partial charge in [-0.25, -0.2) is 9.18 Å². The van der Waals surface area contributed by atoms with Crippen LogP contribution in [0.2, 0.25) is 0 Å². The molecular formula is C23H23F4N3O3S. The topological polar surface area (TPSA) is 90.1 Å². The zero-order valence-corrected chi connectivity index (χ0v) is 19.3. The first kappa shape index (κ1) is 23.1. The van der Waals surface area contributed by atoms with E-state index in [1.807, 2.05) is 0 Å². The Hall–Kier alpha value is -2.66. The van der Waals surface area contributed by atoms with Gasteiger partial charge in [0, 0.05) is 21.4 Å². The van der Waals surface area contributed by atoms with Gasteiger partial charge in [-0.3, -0.25) is 14.3 Å². The molecule has 2 unspecified atom stereocenters. The van der Waals surface area contributed by atoms with E-state index in [4.69, 9.17) is 10.5 Å². The van der Waals surface area contributed by atoms with E-state index in [-0.39, 0.29) is 40.2 Å². The smallest absolute Gasteiger partial charge is 0.403 e. The molecule has 1 aromatic carbocycles. The number of hydrogen-bond acceptors (Lipinski definition) is 5. The molecule has 2 atom stereocenters.